The van der Waals surface area contributed by atoms with E-state index in [2.05, 4.69) is 0 Å². The highest BCUT2D eigenvalue weighted by molar-refractivity contribution is 7.86. The van der Waals surface area contributed by atoms with Crippen molar-refractivity contribution in [2.75, 3.05) is 46.8 Å². The number of ether oxygens (including phenoxy) is 1. The summed E-state index contributed by atoms with van der Waals surface area (Å²) < 4.78 is 31.0. The molecule has 0 bridgehead atoms. The first-order chi connectivity index (χ1) is 6.96. The van der Waals surface area contributed by atoms with Gasteiger partial charge >= 0.3 is 0 Å². The maximum absolute atomic E-state index is 11.8. The Kier molecular flexibility index (Phi) is 7.46. The smallest absolute Gasteiger partial charge is 0.281 e. The van der Waals surface area contributed by atoms with E-state index in [4.69, 9.17) is 16.3 Å². The average molecular weight is 259 g/mol. The van der Waals surface area contributed by atoms with Gasteiger partial charge in [-0.15, -0.1) is 11.6 Å². The molecule has 0 unspecified atom stereocenters. The van der Waals surface area contributed by atoms with Gasteiger partial charge in [0.2, 0.25) is 0 Å². The molecule has 0 saturated heterocycles. The molecule has 0 amide bonds. The molecule has 0 rings (SSSR count). The summed E-state index contributed by atoms with van der Waals surface area (Å²) in [7, 11) is 1.26. The van der Waals surface area contributed by atoms with Crippen LogP contribution in [0.15, 0.2) is 0 Å². The molecule has 7 heteroatoms. The molecule has 0 aromatic rings. The zero-order valence-corrected chi connectivity index (χ0v) is 11.0. The summed E-state index contributed by atoms with van der Waals surface area (Å²) in [6.07, 6.45) is 0.648. The van der Waals surface area contributed by atoms with E-state index >= 15 is 0 Å². The number of likely N-dealkylation sites (N-methyl/N-ethyl adjacent to an activating group) is 1. The molecule has 5 nitrogen and oxygen atoms in total. The van der Waals surface area contributed by atoms with Crippen LogP contribution in [0.25, 0.3) is 0 Å². The lowest BCUT2D eigenvalue weighted by atomic mass is 10.5. The zero-order chi connectivity index (χ0) is 11.9. The molecule has 0 aliphatic rings. The fourth-order valence-corrected chi connectivity index (χ4v) is 2.23. The van der Waals surface area contributed by atoms with E-state index in [0.29, 0.717) is 32.0 Å². The van der Waals surface area contributed by atoms with Crippen molar-refractivity contribution in [1.82, 2.24) is 8.61 Å². The average Bonchev–Trinajstić information content (AvgIpc) is 2.21. The molecule has 0 atom stereocenters. The highest BCUT2D eigenvalue weighted by atomic mass is 35.5. The van der Waals surface area contributed by atoms with Crippen LogP contribution in [0.3, 0.4) is 0 Å². The molecule has 0 saturated carbocycles. The standard InChI is InChI=1S/C8H19ClN2O3S/c1-10(6-4-5-9)15(12,13)11(2)7-8-14-3/h4-8H2,1-3H3. The van der Waals surface area contributed by atoms with Crippen LogP contribution in [0.1, 0.15) is 6.42 Å². The third-order valence-electron chi connectivity index (χ3n) is 2.00. The molecular weight excluding hydrogens is 240 g/mol. The number of methoxy groups -OCH3 is 1. The second-order valence-electron chi connectivity index (χ2n) is 3.19. The fraction of sp³-hybridized carbons (Fsp3) is 1.00. The van der Waals surface area contributed by atoms with Gasteiger partial charge in [-0.1, -0.05) is 0 Å². The summed E-state index contributed by atoms with van der Waals surface area (Å²) in [6, 6.07) is 0. The van der Waals surface area contributed by atoms with Gasteiger partial charge in [-0.25, -0.2) is 0 Å². The largest absolute Gasteiger partial charge is 0.383 e. The van der Waals surface area contributed by atoms with Gasteiger partial charge in [0, 0.05) is 40.2 Å². The van der Waals surface area contributed by atoms with Crippen LogP contribution in [0.2, 0.25) is 0 Å². The summed E-state index contributed by atoms with van der Waals surface area (Å²) in [5.41, 5.74) is 0. The highest BCUT2D eigenvalue weighted by Gasteiger charge is 2.22. The molecule has 15 heavy (non-hydrogen) atoms. The van der Waals surface area contributed by atoms with E-state index in [-0.39, 0.29) is 0 Å². The van der Waals surface area contributed by atoms with Crippen LogP contribution >= 0.6 is 11.6 Å². The monoisotopic (exact) mass is 258 g/mol. The third-order valence-corrected chi connectivity index (χ3v) is 4.21. The first-order valence-electron chi connectivity index (χ1n) is 4.69. The van der Waals surface area contributed by atoms with Gasteiger partial charge in [0.05, 0.1) is 6.61 Å². The lowest BCUT2D eigenvalue weighted by molar-refractivity contribution is 0.183. The Morgan fingerprint density at radius 3 is 2.20 bits per heavy atom. The van der Waals surface area contributed by atoms with Gasteiger partial charge in [0.15, 0.2) is 0 Å². The topological polar surface area (TPSA) is 49.9 Å². The summed E-state index contributed by atoms with van der Waals surface area (Å²) in [5, 5.41) is 0. The zero-order valence-electron chi connectivity index (χ0n) is 9.44. The van der Waals surface area contributed by atoms with Gasteiger partial charge in [-0.2, -0.15) is 17.0 Å². The lowest BCUT2D eigenvalue weighted by Gasteiger charge is -2.23. The predicted molar refractivity (Wildman–Crippen MR) is 61.4 cm³/mol. The van der Waals surface area contributed by atoms with Gasteiger partial charge in [-0.3, -0.25) is 0 Å². The van der Waals surface area contributed by atoms with Crippen molar-refractivity contribution < 1.29 is 13.2 Å². The first-order valence-corrected chi connectivity index (χ1v) is 6.62. The maximum Gasteiger partial charge on any atom is 0.281 e. The van der Waals surface area contributed by atoms with E-state index < -0.39 is 10.2 Å². The Morgan fingerprint density at radius 2 is 1.73 bits per heavy atom. The molecule has 0 aromatic carbocycles. The molecule has 0 spiro atoms. The van der Waals surface area contributed by atoms with E-state index in [9.17, 15) is 8.42 Å². The Hall–Kier alpha value is 0.120. The lowest BCUT2D eigenvalue weighted by Crippen LogP contribution is -2.41. The molecule has 92 valence electrons. The summed E-state index contributed by atoms with van der Waals surface area (Å²) in [4.78, 5) is 0. The van der Waals surface area contributed by atoms with Crippen molar-refractivity contribution in [3.8, 4) is 0 Å². The molecule has 0 aliphatic heterocycles. The van der Waals surface area contributed by atoms with Crippen LogP contribution in [-0.2, 0) is 14.9 Å². The van der Waals surface area contributed by atoms with E-state index in [1.807, 2.05) is 0 Å². The first kappa shape index (κ1) is 15.1. The highest BCUT2D eigenvalue weighted by Crippen LogP contribution is 2.04. The Bertz CT molecular complexity index is 239. The summed E-state index contributed by atoms with van der Waals surface area (Å²) in [5.74, 6) is 0.460. The number of nitrogens with zero attached hydrogens (tertiary/aromatic N) is 2. The van der Waals surface area contributed by atoms with E-state index in [1.54, 1.807) is 7.05 Å². The number of hydrogen-bond acceptors (Lipinski definition) is 3. The van der Waals surface area contributed by atoms with Crippen LogP contribution in [-0.4, -0.2) is 63.8 Å². The van der Waals surface area contributed by atoms with Crippen molar-refractivity contribution in [2.24, 2.45) is 0 Å². The van der Waals surface area contributed by atoms with E-state index in [0.717, 1.165) is 0 Å². The number of alkyl halides is 1. The quantitative estimate of drug-likeness (QED) is 0.591. The van der Waals surface area contributed by atoms with Gasteiger partial charge in [0.25, 0.3) is 10.2 Å². The second kappa shape index (κ2) is 7.40. The molecular formula is C8H19ClN2O3S. The minimum Gasteiger partial charge on any atom is -0.383 e. The SMILES string of the molecule is COCCN(C)S(=O)(=O)N(C)CCCCl. The van der Waals surface area contributed by atoms with Crippen molar-refractivity contribution in [1.29, 1.82) is 0 Å². The van der Waals surface area contributed by atoms with Crippen molar-refractivity contribution in [3.05, 3.63) is 0 Å². The minimum absolute atomic E-state index is 0.351. The van der Waals surface area contributed by atoms with Gasteiger partial charge in [-0.05, 0) is 6.42 Å². The maximum atomic E-state index is 11.8. The van der Waals surface area contributed by atoms with Crippen LogP contribution in [0, 0.1) is 0 Å². The van der Waals surface area contributed by atoms with Crippen LogP contribution in [0.4, 0.5) is 0 Å². The van der Waals surface area contributed by atoms with Crippen molar-refractivity contribution in [3.63, 3.8) is 0 Å². The Morgan fingerprint density at radius 1 is 1.20 bits per heavy atom. The molecule has 0 aromatic heterocycles. The van der Waals surface area contributed by atoms with Gasteiger partial charge < -0.3 is 4.74 Å². The predicted octanol–water partition coefficient (Wildman–Crippen LogP) is 0.370. The van der Waals surface area contributed by atoms with Crippen molar-refractivity contribution >= 4 is 21.8 Å². The number of rotatable bonds is 8. The summed E-state index contributed by atoms with van der Waals surface area (Å²) >= 11 is 5.50. The Balaban J connectivity index is 4.25. The van der Waals surface area contributed by atoms with Crippen LogP contribution < -0.4 is 0 Å². The normalized spacial score (nSPS) is 12.7. The van der Waals surface area contributed by atoms with Crippen LogP contribution in [0.5, 0.6) is 0 Å². The number of halogens is 1. The molecule has 0 heterocycles. The molecule has 0 aliphatic carbocycles. The van der Waals surface area contributed by atoms with Crippen molar-refractivity contribution in [2.45, 2.75) is 6.42 Å². The second-order valence-corrected chi connectivity index (χ2v) is 5.71. The third kappa shape index (κ3) is 5.12. The molecule has 0 N–H and O–H groups in total. The van der Waals surface area contributed by atoms with E-state index in [1.165, 1.54) is 22.8 Å². The molecule has 0 radical (unpaired) electrons. The van der Waals surface area contributed by atoms with Gasteiger partial charge in [0.1, 0.15) is 0 Å². The minimum atomic E-state index is -3.36. The summed E-state index contributed by atoms with van der Waals surface area (Å²) in [6.45, 7) is 1.17. The molecule has 0 fully saturated rings. The fourth-order valence-electron chi connectivity index (χ4n) is 0.971. The Labute approximate surface area is 97.1 Å². The number of hydrogen-bond donors (Lipinski definition) is 0.